The van der Waals surface area contributed by atoms with Crippen LogP contribution in [-0.4, -0.2) is 23.6 Å². The van der Waals surface area contributed by atoms with Crippen LogP contribution >= 0.6 is 0 Å². The number of hydrogen-bond donors (Lipinski definition) is 1. The molecule has 0 aromatic heterocycles. The van der Waals surface area contributed by atoms with Crippen LogP contribution in [0.25, 0.3) is 0 Å². The average molecular weight is 258 g/mol. The number of carbonyl (C=O) groups excluding carboxylic acids is 1. The van der Waals surface area contributed by atoms with Crippen LogP contribution in [0.2, 0.25) is 0 Å². The number of halogens is 2. The van der Waals surface area contributed by atoms with E-state index in [1.54, 1.807) is 19.1 Å². The summed E-state index contributed by atoms with van der Waals surface area (Å²) in [5.41, 5.74) is -1.77. The van der Waals surface area contributed by atoms with Crippen LogP contribution in [0.4, 0.5) is 8.78 Å². The van der Waals surface area contributed by atoms with Crippen molar-refractivity contribution in [1.29, 1.82) is 0 Å². The lowest BCUT2D eigenvalue weighted by molar-refractivity contribution is -0.212. The van der Waals surface area contributed by atoms with Gasteiger partial charge in [0.15, 0.2) is 5.60 Å². The summed E-state index contributed by atoms with van der Waals surface area (Å²) in [6.07, 6.45) is 0. The fraction of sp³-hybridized carbons (Fsp3) is 0.462. The van der Waals surface area contributed by atoms with Crippen molar-refractivity contribution in [2.24, 2.45) is 0 Å². The maximum Gasteiger partial charge on any atom is 0.380 e. The van der Waals surface area contributed by atoms with E-state index in [0.29, 0.717) is 0 Å². The number of aliphatic hydroxyl groups is 1. The van der Waals surface area contributed by atoms with Gasteiger partial charge in [-0.25, -0.2) is 4.79 Å². The normalized spacial score (nSPS) is 15.0. The molecular formula is C13H16F2O3. The molecule has 100 valence electrons. The molecule has 1 rings (SSSR count). The molecule has 0 saturated carbocycles. The van der Waals surface area contributed by atoms with Gasteiger partial charge >= 0.3 is 11.9 Å². The third-order valence-corrected chi connectivity index (χ3v) is 2.76. The van der Waals surface area contributed by atoms with Crippen LogP contribution in [0.5, 0.6) is 0 Å². The molecule has 0 saturated heterocycles. The minimum atomic E-state index is -4.00. The molecule has 3 nitrogen and oxygen atoms in total. The number of alkyl halides is 2. The highest BCUT2D eigenvalue weighted by Crippen LogP contribution is 2.38. The molecule has 0 amide bonds. The van der Waals surface area contributed by atoms with E-state index in [9.17, 15) is 18.7 Å². The first-order valence-corrected chi connectivity index (χ1v) is 5.58. The zero-order chi connectivity index (χ0) is 14.0. The Morgan fingerprint density at radius 3 is 2.28 bits per heavy atom. The molecule has 18 heavy (non-hydrogen) atoms. The molecule has 1 aromatic carbocycles. The van der Waals surface area contributed by atoms with Gasteiger partial charge in [-0.05, 0) is 26.3 Å². The third kappa shape index (κ3) is 2.51. The molecule has 1 unspecified atom stereocenters. The smallest absolute Gasteiger partial charge is 0.380 e. The van der Waals surface area contributed by atoms with Gasteiger partial charge in [0.05, 0.1) is 6.61 Å². The Hall–Kier alpha value is -1.49. The van der Waals surface area contributed by atoms with E-state index in [4.69, 9.17) is 0 Å². The van der Waals surface area contributed by atoms with Crippen molar-refractivity contribution in [1.82, 2.24) is 0 Å². The van der Waals surface area contributed by atoms with E-state index in [1.165, 1.54) is 19.1 Å². The lowest BCUT2D eigenvalue weighted by Crippen LogP contribution is -2.49. The first-order chi connectivity index (χ1) is 8.23. The number of rotatable bonds is 4. The van der Waals surface area contributed by atoms with Gasteiger partial charge in [0, 0.05) is 0 Å². The summed E-state index contributed by atoms with van der Waals surface area (Å²) >= 11 is 0. The summed E-state index contributed by atoms with van der Waals surface area (Å²) in [6, 6.07) is 5.90. The summed E-state index contributed by atoms with van der Waals surface area (Å²) in [7, 11) is 0. The Labute approximate surface area is 104 Å². The maximum atomic E-state index is 13.8. The summed E-state index contributed by atoms with van der Waals surface area (Å²) in [4.78, 5) is 11.2. The summed E-state index contributed by atoms with van der Waals surface area (Å²) in [6.45, 7) is 3.95. The zero-order valence-corrected chi connectivity index (χ0v) is 10.5. The van der Waals surface area contributed by atoms with Crippen molar-refractivity contribution in [2.45, 2.75) is 32.3 Å². The molecule has 1 aromatic rings. The van der Waals surface area contributed by atoms with E-state index in [1.807, 2.05) is 0 Å². The SMILES string of the molecule is CCOC(=O)C(F)(F)C(C)(O)c1ccc(C)cc1. The predicted molar refractivity (Wildman–Crippen MR) is 62.3 cm³/mol. The van der Waals surface area contributed by atoms with Crippen molar-refractivity contribution in [3.8, 4) is 0 Å². The molecule has 0 radical (unpaired) electrons. The number of carbonyl (C=O) groups is 1. The Bertz CT molecular complexity index is 424. The minimum Gasteiger partial charge on any atom is -0.461 e. The standard InChI is InChI=1S/C13H16F2O3/c1-4-18-11(16)13(14,15)12(3,17)10-7-5-9(2)6-8-10/h5-8,17H,4H2,1-3H3. The van der Waals surface area contributed by atoms with Gasteiger partial charge in [-0.3, -0.25) is 0 Å². The molecule has 0 spiro atoms. The van der Waals surface area contributed by atoms with E-state index >= 15 is 0 Å². The number of hydrogen-bond acceptors (Lipinski definition) is 3. The largest absolute Gasteiger partial charge is 0.461 e. The van der Waals surface area contributed by atoms with Gasteiger partial charge in [-0.1, -0.05) is 29.8 Å². The average Bonchev–Trinajstić information content (AvgIpc) is 2.29. The second kappa shape index (κ2) is 5.02. The van der Waals surface area contributed by atoms with Gasteiger partial charge < -0.3 is 9.84 Å². The highest BCUT2D eigenvalue weighted by atomic mass is 19.3. The van der Waals surface area contributed by atoms with Crippen LogP contribution in [0.1, 0.15) is 25.0 Å². The zero-order valence-electron chi connectivity index (χ0n) is 10.5. The fourth-order valence-electron chi connectivity index (χ4n) is 1.48. The molecule has 0 heterocycles. The van der Waals surface area contributed by atoms with Crippen molar-refractivity contribution >= 4 is 5.97 Å². The van der Waals surface area contributed by atoms with Gasteiger partial charge in [0.25, 0.3) is 0 Å². The monoisotopic (exact) mass is 258 g/mol. The second-order valence-electron chi connectivity index (χ2n) is 4.23. The second-order valence-corrected chi connectivity index (χ2v) is 4.23. The highest BCUT2D eigenvalue weighted by molar-refractivity contribution is 5.79. The maximum absolute atomic E-state index is 13.8. The highest BCUT2D eigenvalue weighted by Gasteiger charge is 2.57. The van der Waals surface area contributed by atoms with Gasteiger partial charge in [-0.2, -0.15) is 8.78 Å². The number of benzene rings is 1. The Balaban J connectivity index is 3.11. The Kier molecular flexibility index (Phi) is 4.06. The molecule has 0 aliphatic carbocycles. The third-order valence-electron chi connectivity index (χ3n) is 2.76. The molecule has 0 bridgehead atoms. The van der Waals surface area contributed by atoms with E-state index in [0.717, 1.165) is 12.5 Å². The van der Waals surface area contributed by atoms with E-state index < -0.39 is 17.5 Å². The van der Waals surface area contributed by atoms with Gasteiger partial charge in [0.2, 0.25) is 0 Å². The van der Waals surface area contributed by atoms with Crippen molar-refractivity contribution in [2.75, 3.05) is 6.61 Å². The van der Waals surface area contributed by atoms with Crippen molar-refractivity contribution in [3.63, 3.8) is 0 Å². The lowest BCUT2D eigenvalue weighted by atomic mass is 9.88. The van der Waals surface area contributed by atoms with E-state index in [2.05, 4.69) is 4.74 Å². The van der Waals surface area contributed by atoms with E-state index in [-0.39, 0.29) is 12.2 Å². The summed E-state index contributed by atoms with van der Waals surface area (Å²) < 4.78 is 32.0. The van der Waals surface area contributed by atoms with Crippen molar-refractivity contribution < 1.29 is 23.4 Å². The van der Waals surface area contributed by atoms with Crippen LogP contribution in [0, 0.1) is 6.92 Å². The number of ether oxygens (including phenoxy) is 1. The fourth-order valence-corrected chi connectivity index (χ4v) is 1.48. The Morgan fingerprint density at radius 2 is 1.83 bits per heavy atom. The topological polar surface area (TPSA) is 46.5 Å². The molecule has 1 N–H and O–H groups in total. The van der Waals surface area contributed by atoms with Gasteiger partial charge in [0.1, 0.15) is 0 Å². The van der Waals surface area contributed by atoms with Crippen LogP contribution in [0.3, 0.4) is 0 Å². The first kappa shape index (κ1) is 14.6. The molecule has 0 aliphatic rings. The lowest BCUT2D eigenvalue weighted by Gasteiger charge is -2.31. The molecule has 1 atom stereocenters. The Morgan fingerprint density at radius 1 is 1.33 bits per heavy atom. The van der Waals surface area contributed by atoms with Crippen LogP contribution in [0.15, 0.2) is 24.3 Å². The predicted octanol–water partition coefficient (Wildman–Crippen LogP) is 2.40. The summed E-state index contributed by atoms with van der Waals surface area (Å²) in [5.74, 6) is -5.73. The minimum absolute atomic E-state index is 0.0360. The van der Waals surface area contributed by atoms with Crippen LogP contribution < -0.4 is 0 Å². The number of aryl methyl sites for hydroxylation is 1. The summed E-state index contributed by atoms with van der Waals surface area (Å²) in [5, 5.41) is 9.95. The first-order valence-electron chi connectivity index (χ1n) is 5.58. The number of esters is 1. The van der Waals surface area contributed by atoms with Gasteiger partial charge in [-0.15, -0.1) is 0 Å². The molecule has 0 aliphatic heterocycles. The molecule has 5 heteroatoms. The van der Waals surface area contributed by atoms with Crippen molar-refractivity contribution in [3.05, 3.63) is 35.4 Å². The molecule has 0 fully saturated rings. The molecular weight excluding hydrogens is 242 g/mol. The quantitative estimate of drug-likeness (QED) is 0.843. The van der Waals surface area contributed by atoms with Crippen LogP contribution in [-0.2, 0) is 15.1 Å².